The highest BCUT2D eigenvalue weighted by atomic mass is 35.5. The van der Waals surface area contributed by atoms with Crippen LogP contribution in [0.25, 0.3) is 0 Å². The molecule has 7 heteroatoms. The molecule has 0 aliphatic heterocycles. The van der Waals surface area contributed by atoms with E-state index in [1.165, 1.54) is 0 Å². The molecule has 162 valence electrons. The summed E-state index contributed by atoms with van der Waals surface area (Å²) in [5.74, 6) is -0.408. The summed E-state index contributed by atoms with van der Waals surface area (Å²) in [5, 5.41) is 3.50. The minimum atomic E-state index is -3.69. The number of amides is 1. The number of carbonyl (C=O) groups excluding carboxylic acids is 1. The van der Waals surface area contributed by atoms with E-state index in [-0.39, 0.29) is 6.54 Å². The predicted octanol–water partition coefficient (Wildman–Crippen LogP) is 4.63. The quantitative estimate of drug-likeness (QED) is 0.563. The van der Waals surface area contributed by atoms with Crippen molar-refractivity contribution in [2.75, 3.05) is 17.1 Å². The second-order valence-electron chi connectivity index (χ2n) is 7.52. The van der Waals surface area contributed by atoms with Crippen molar-refractivity contribution in [2.45, 2.75) is 19.9 Å². The molecule has 3 aromatic rings. The van der Waals surface area contributed by atoms with Gasteiger partial charge in [-0.05, 0) is 48.7 Å². The van der Waals surface area contributed by atoms with Gasteiger partial charge in [0.25, 0.3) is 0 Å². The lowest BCUT2D eigenvalue weighted by molar-refractivity contribution is -0.120. The van der Waals surface area contributed by atoms with E-state index in [1.54, 1.807) is 25.1 Å². The summed E-state index contributed by atoms with van der Waals surface area (Å²) in [6, 6.07) is 22.0. The minimum Gasteiger partial charge on any atom is -0.344 e. The molecule has 0 aromatic heterocycles. The third-order valence-electron chi connectivity index (χ3n) is 4.96. The molecule has 0 spiro atoms. The van der Waals surface area contributed by atoms with E-state index in [0.29, 0.717) is 16.3 Å². The average Bonchev–Trinajstić information content (AvgIpc) is 2.71. The number of hydrogen-bond donors (Lipinski definition) is 1. The van der Waals surface area contributed by atoms with E-state index in [1.807, 2.05) is 61.5 Å². The normalized spacial score (nSPS) is 12.3. The van der Waals surface area contributed by atoms with Crippen LogP contribution in [0.15, 0.2) is 72.8 Å². The Balaban J connectivity index is 1.90. The van der Waals surface area contributed by atoms with Gasteiger partial charge in [-0.1, -0.05) is 71.8 Å². The Hall–Kier alpha value is -2.83. The van der Waals surface area contributed by atoms with E-state index in [0.717, 1.165) is 27.3 Å². The molecule has 0 bridgehead atoms. The highest BCUT2D eigenvalue weighted by Crippen LogP contribution is 2.26. The molecule has 1 N–H and O–H groups in total. The Morgan fingerprint density at radius 3 is 2.16 bits per heavy atom. The molecule has 0 aliphatic rings. The number of nitrogens with zero attached hydrogens (tertiary/aromatic N) is 1. The molecule has 0 radical (unpaired) electrons. The van der Waals surface area contributed by atoms with Gasteiger partial charge >= 0.3 is 0 Å². The average molecular weight is 457 g/mol. The van der Waals surface area contributed by atoms with Crippen LogP contribution in [0, 0.1) is 13.8 Å². The molecule has 5 nitrogen and oxygen atoms in total. The Morgan fingerprint density at radius 2 is 1.58 bits per heavy atom. The molecule has 3 aromatic carbocycles. The fraction of sp³-hybridized carbons (Fsp3) is 0.208. The number of carbonyl (C=O) groups is 1. The first-order valence-electron chi connectivity index (χ1n) is 9.80. The fourth-order valence-corrected chi connectivity index (χ4v) is 4.52. The summed E-state index contributed by atoms with van der Waals surface area (Å²) < 4.78 is 26.1. The Morgan fingerprint density at radius 1 is 0.968 bits per heavy atom. The summed E-state index contributed by atoms with van der Waals surface area (Å²) >= 11 is 6.01. The van der Waals surface area contributed by atoms with E-state index in [2.05, 4.69) is 5.32 Å². The topological polar surface area (TPSA) is 66.5 Å². The molecule has 0 saturated carbocycles. The zero-order valence-electron chi connectivity index (χ0n) is 17.7. The van der Waals surface area contributed by atoms with Crippen molar-refractivity contribution in [3.63, 3.8) is 0 Å². The number of halogens is 1. The number of nitrogens with one attached hydrogen (secondary N) is 1. The lowest BCUT2D eigenvalue weighted by Crippen LogP contribution is -2.42. The number of benzene rings is 3. The van der Waals surface area contributed by atoms with Crippen LogP contribution in [-0.4, -0.2) is 27.1 Å². The molecule has 0 saturated heterocycles. The molecule has 1 atom stereocenters. The zero-order chi connectivity index (χ0) is 22.6. The molecule has 0 aliphatic carbocycles. The standard InChI is InChI=1S/C24H25ClN2O3S/c1-17-9-11-20(12-10-17)24(19-7-5-4-6-8-19)26-23(28)16-27(31(3,29)30)22-14-13-21(25)15-18(22)2/h4-15,24H,16H2,1-3H3,(H,26,28)/t24-/m1/s1. The first-order chi connectivity index (χ1) is 14.6. The molecule has 31 heavy (non-hydrogen) atoms. The molecular weight excluding hydrogens is 432 g/mol. The maximum atomic E-state index is 13.0. The van der Waals surface area contributed by atoms with Crippen LogP contribution in [0.2, 0.25) is 5.02 Å². The second kappa shape index (κ2) is 9.54. The van der Waals surface area contributed by atoms with Crippen LogP contribution in [0.3, 0.4) is 0 Å². The van der Waals surface area contributed by atoms with Crippen LogP contribution < -0.4 is 9.62 Å². The Kier molecular flexibility index (Phi) is 7.03. The summed E-state index contributed by atoms with van der Waals surface area (Å²) in [6.07, 6.45) is 1.09. The molecule has 0 heterocycles. The van der Waals surface area contributed by atoms with Crippen LogP contribution >= 0.6 is 11.6 Å². The molecule has 1 amide bonds. The maximum absolute atomic E-state index is 13.0. The van der Waals surface area contributed by atoms with Crippen molar-refractivity contribution in [3.05, 3.63) is 100 Å². The number of sulfonamides is 1. The summed E-state index contributed by atoms with van der Waals surface area (Å²) in [6.45, 7) is 3.42. The van der Waals surface area contributed by atoms with Crippen molar-refractivity contribution < 1.29 is 13.2 Å². The van der Waals surface area contributed by atoms with Crippen LogP contribution in [-0.2, 0) is 14.8 Å². The van der Waals surface area contributed by atoms with Crippen molar-refractivity contribution in [3.8, 4) is 0 Å². The van der Waals surface area contributed by atoms with Gasteiger partial charge in [0.15, 0.2) is 0 Å². The largest absolute Gasteiger partial charge is 0.344 e. The molecular formula is C24H25ClN2O3S. The maximum Gasteiger partial charge on any atom is 0.241 e. The molecule has 3 rings (SSSR count). The number of hydrogen-bond acceptors (Lipinski definition) is 3. The van der Waals surface area contributed by atoms with E-state index in [9.17, 15) is 13.2 Å². The lowest BCUT2D eigenvalue weighted by Gasteiger charge is -2.26. The number of rotatable bonds is 7. The predicted molar refractivity (Wildman–Crippen MR) is 126 cm³/mol. The van der Waals surface area contributed by atoms with Crippen molar-refractivity contribution in [1.82, 2.24) is 5.32 Å². The monoisotopic (exact) mass is 456 g/mol. The molecule has 0 fully saturated rings. The van der Waals surface area contributed by atoms with Crippen molar-refractivity contribution in [2.24, 2.45) is 0 Å². The van der Waals surface area contributed by atoms with Gasteiger partial charge in [0.1, 0.15) is 6.54 Å². The van der Waals surface area contributed by atoms with Crippen molar-refractivity contribution in [1.29, 1.82) is 0 Å². The first-order valence-corrected chi connectivity index (χ1v) is 12.0. The SMILES string of the molecule is Cc1ccc([C@H](NC(=O)CN(c2ccc(Cl)cc2C)S(C)(=O)=O)c2ccccc2)cc1. The van der Waals surface area contributed by atoms with Gasteiger partial charge < -0.3 is 5.32 Å². The van der Waals surface area contributed by atoms with Gasteiger partial charge in [0.05, 0.1) is 18.0 Å². The summed E-state index contributed by atoms with van der Waals surface area (Å²) in [4.78, 5) is 13.0. The Bertz CT molecular complexity index is 1160. The van der Waals surface area contributed by atoms with Crippen molar-refractivity contribution >= 4 is 33.2 Å². The third kappa shape index (κ3) is 5.87. The smallest absolute Gasteiger partial charge is 0.241 e. The summed E-state index contributed by atoms with van der Waals surface area (Å²) in [5.41, 5.74) is 4.04. The van der Waals surface area contributed by atoms with Gasteiger partial charge in [-0.3, -0.25) is 9.10 Å². The van der Waals surface area contributed by atoms with Crippen LogP contribution in [0.1, 0.15) is 28.3 Å². The van der Waals surface area contributed by atoms with Gasteiger partial charge in [-0.2, -0.15) is 0 Å². The van der Waals surface area contributed by atoms with Crippen LogP contribution in [0.4, 0.5) is 5.69 Å². The molecule has 0 unspecified atom stereocenters. The minimum absolute atomic E-state index is 0.337. The van der Waals surface area contributed by atoms with Crippen LogP contribution in [0.5, 0.6) is 0 Å². The lowest BCUT2D eigenvalue weighted by atomic mass is 9.98. The summed E-state index contributed by atoms with van der Waals surface area (Å²) in [7, 11) is -3.69. The highest BCUT2D eigenvalue weighted by Gasteiger charge is 2.24. The zero-order valence-corrected chi connectivity index (χ0v) is 19.2. The van der Waals surface area contributed by atoms with E-state index in [4.69, 9.17) is 11.6 Å². The first kappa shape index (κ1) is 22.8. The highest BCUT2D eigenvalue weighted by molar-refractivity contribution is 7.92. The van der Waals surface area contributed by atoms with Gasteiger partial charge in [-0.25, -0.2) is 8.42 Å². The van der Waals surface area contributed by atoms with Gasteiger partial charge in [0.2, 0.25) is 15.9 Å². The number of anilines is 1. The second-order valence-corrected chi connectivity index (χ2v) is 9.87. The van der Waals surface area contributed by atoms with E-state index < -0.39 is 22.0 Å². The Labute approximate surface area is 188 Å². The van der Waals surface area contributed by atoms with Gasteiger partial charge in [0, 0.05) is 5.02 Å². The number of aryl methyl sites for hydroxylation is 2. The fourth-order valence-electron chi connectivity index (χ4n) is 3.38. The van der Waals surface area contributed by atoms with E-state index >= 15 is 0 Å². The van der Waals surface area contributed by atoms with Gasteiger partial charge in [-0.15, -0.1) is 0 Å². The third-order valence-corrected chi connectivity index (χ3v) is 6.33.